The molecule has 0 bridgehead atoms. The van der Waals surface area contributed by atoms with Gasteiger partial charge in [-0.2, -0.15) is 0 Å². The highest BCUT2D eigenvalue weighted by atomic mass is 19.1. The molecule has 12 heteroatoms. The van der Waals surface area contributed by atoms with E-state index in [4.69, 9.17) is 25.1 Å². The number of halogens is 2. The quantitative estimate of drug-likeness (QED) is 0.0605. The van der Waals surface area contributed by atoms with Crippen LogP contribution < -0.4 is 15.6 Å². The Morgan fingerprint density at radius 3 is 2.60 bits per heavy atom. The summed E-state index contributed by atoms with van der Waals surface area (Å²) in [5.74, 6) is -1.37. The van der Waals surface area contributed by atoms with Gasteiger partial charge in [-0.15, -0.1) is 6.58 Å². The van der Waals surface area contributed by atoms with Crippen molar-refractivity contribution in [1.82, 2.24) is 10.9 Å². The van der Waals surface area contributed by atoms with E-state index < -0.39 is 29.2 Å². The van der Waals surface area contributed by atoms with Crippen molar-refractivity contribution in [3.63, 3.8) is 0 Å². The molecule has 2 atom stereocenters. The number of benzene rings is 3. The second-order valence-corrected chi connectivity index (χ2v) is 9.38. The predicted molar refractivity (Wildman–Crippen MR) is 152 cm³/mol. The minimum atomic E-state index is -1.58. The lowest BCUT2D eigenvalue weighted by atomic mass is 9.83. The molecule has 0 spiro atoms. The molecule has 1 aliphatic heterocycles. The second kappa shape index (κ2) is 14.2. The molecule has 218 valence electrons. The molecule has 0 unspecified atom stereocenters. The van der Waals surface area contributed by atoms with Crippen LogP contribution in [0.1, 0.15) is 41.2 Å². The van der Waals surface area contributed by atoms with E-state index in [1.165, 1.54) is 12.1 Å². The number of azide groups is 1. The number of aliphatic hydroxyl groups excluding tert-OH is 1. The monoisotopic (exact) mass is 576 g/mol. The molecule has 4 rings (SSSR count). The molecule has 0 radical (unpaired) electrons. The summed E-state index contributed by atoms with van der Waals surface area (Å²) in [6.45, 7) is 3.88. The van der Waals surface area contributed by atoms with E-state index in [-0.39, 0.29) is 37.6 Å². The summed E-state index contributed by atoms with van der Waals surface area (Å²) in [6, 6.07) is 17.5. The normalized spacial score (nSPS) is 17.5. The zero-order valence-electron chi connectivity index (χ0n) is 22.7. The van der Waals surface area contributed by atoms with Crippen molar-refractivity contribution in [2.45, 2.75) is 37.6 Å². The van der Waals surface area contributed by atoms with Crippen LogP contribution >= 0.6 is 0 Å². The maximum Gasteiger partial charge on any atom is 0.266 e. The average Bonchev–Trinajstić information content (AvgIpc) is 3.38. The highest BCUT2D eigenvalue weighted by molar-refractivity contribution is 6.01. The number of hydrazine groups is 1. The molecule has 1 aliphatic rings. The topological polar surface area (TPSA) is 141 Å². The first-order valence-corrected chi connectivity index (χ1v) is 13.2. The summed E-state index contributed by atoms with van der Waals surface area (Å²) < 4.78 is 40.3. The van der Waals surface area contributed by atoms with E-state index in [9.17, 15) is 13.6 Å². The Morgan fingerprint density at radius 2 is 1.90 bits per heavy atom. The van der Waals surface area contributed by atoms with Gasteiger partial charge in [0.15, 0.2) is 11.6 Å². The van der Waals surface area contributed by atoms with Gasteiger partial charge in [0.1, 0.15) is 17.4 Å². The number of aliphatic hydroxyl groups is 1. The van der Waals surface area contributed by atoms with Crippen LogP contribution in [0.2, 0.25) is 0 Å². The third kappa shape index (κ3) is 6.74. The first kappa shape index (κ1) is 30.2. The lowest BCUT2D eigenvalue weighted by Gasteiger charge is -2.30. The maximum absolute atomic E-state index is 14.2. The molecule has 0 saturated heterocycles. The molecular weight excluding hydrogens is 546 g/mol. The summed E-state index contributed by atoms with van der Waals surface area (Å²) in [7, 11) is 0. The number of hydrogen-bond acceptors (Lipinski definition) is 7. The van der Waals surface area contributed by atoms with Gasteiger partial charge >= 0.3 is 0 Å². The highest BCUT2D eigenvalue weighted by Gasteiger charge is 2.53. The number of ether oxygens (including phenoxy) is 2. The second-order valence-electron chi connectivity index (χ2n) is 9.38. The standard InChI is InChI=1S/C30H30F2N6O4/c1-2-15-30(29(40)37-34-19-24-25(31)9-5-10-26(24)32)27(23-8-4-3-7-21(23)18-35-38-33)42-28(36-30)20-11-13-22(14-12-20)41-17-6-16-39/h2-5,7-14,27,34,39H,1,6,15-19H2,(H,37,40)/t27-,30-/m0/s1. The first-order valence-electron chi connectivity index (χ1n) is 13.2. The van der Waals surface area contributed by atoms with Gasteiger partial charge in [-0.1, -0.05) is 41.5 Å². The van der Waals surface area contributed by atoms with Crippen molar-refractivity contribution in [2.24, 2.45) is 10.1 Å². The van der Waals surface area contributed by atoms with Gasteiger partial charge in [-0.3, -0.25) is 10.2 Å². The van der Waals surface area contributed by atoms with Crippen LogP contribution in [0.15, 0.2) is 89.5 Å². The molecule has 3 N–H and O–H groups in total. The predicted octanol–water partition coefficient (Wildman–Crippen LogP) is 5.19. The maximum atomic E-state index is 14.2. The Hall–Kier alpha value is -4.77. The molecule has 42 heavy (non-hydrogen) atoms. The molecule has 0 aliphatic carbocycles. The first-order chi connectivity index (χ1) is 20.4. The molecule has 0 fully saturated rings. The van der Waals surface area contributed by atoms with E-state index >= 15 is 0 Å². The molecular formula is C30H30F2N6O4. The third-order valence-corrected chi connectivity index (χ3v) is 6.66. The van der Waals surface area contributed by atoms with E-state index in [1.807, 2.05) is 0 Å². The number of nitrogens with one attached hydrogen (secondary N) is 2. The summed E-state index contributed by atoms with van der Waals surface area (Å²) >= 11 is 0. The summed E-state index contributed by atoms with van der Waals surface area (Å²) in [6.07, 6.45) is 1.10. The summed E-state index contributed by atoms with van der Waals surface area (Å²) in [5.41, 5.74) is 14.0. The average molecular weight is 577 g/mol. The number of aliphatic imine (C=N–C) groups is 1. The van der Waals surface area contributed by atoms with Crippen LogP contribution in [0, 0.1) is 11.6 Å². The van der Waals surface area contributed by atoms with Gasteiger partial charge in [0.05, 0.1) is 13.2 Å². The number of amides is 1. The zero-order chi connectivity index (χ0) is 30.0. The van der Waals surface area contributed by atoms with Crippen LogP contribution in [-0.4, -0.2) is 35.7 Å². The zero-order valence-corrected chi connectivity index (χ0v) is 22.7. The minimum absolute atomic E-state index is 0.0122. The summed E-state index contributed by atoms with van der Waals surface area (Å²) in [5, 5.41) is 12.7. The SMILES string of the molecule is C=CC[C@]1(C(=O)NNCc2c(F)cccc2F)N=C(c2ccc(OCCCO)cc2)O[C@H]1c1ccccc1CN=[N+]=[N-]. The Morgan fingerprint density at radius 1 is 1.17 bits per heavy atom. The molecule has 0 aromatic heterocycles. The summed E-state index contributed by atoms with van der Waals surface area (Å²) in [4.78, 5) is 21.5. The lowest BCUT2D eigenvalue weighted by molar-refractivity contribution is -0.130. The number of nitrogens with zero attached hydrogens (tertiary/aromatic N) is 4. The number of hydrogen-bond donors (Lipinski definition) is 3. The Balaban J connectivity index is 1.69. The number of carbonyl (C=O) groups is 1. The van der Waals surface area contributed by atoms with Gasteiger partial charge in [-0.05, 0) is 53.1 Å². The Labute approximate surface area is 241 Å². The molecule has 1 heterocycles. The minimum Gasteiger partial charge on any atom is -0.494 e. The van der Waals surface area contributed by atoms with Gasteiger partial charge in [-0.25, -0.2) is 19.2 Å². The van der Waals surface area contributed by atoms with Crippen LogP contribution in [0.4, 0.5) is 8.78 Å². The van der Waals surface area contributed by atoms with Gasteiger partial charge in [0, 0.05) is 42.0 Å². The Bertz CT molecular complexity index is 1470. The van der Waals surface area contributed by atoms with Crippen molar-refractivity contribution < 1.29 is 28.2 Å². The molecule has 1 amide bonds. The molecule has 10 nitrogen and oxygen atoms in total. The number of carbonyl (C=O) groups excluding carboxylic acids is 1. The largest absolute Gasteiger partial charge is 0.494 e. The van der Waals surface area contributed by atoms with Gasteiger partial charge in [0.2, 0.25) is 5.90 Å². The van der Waals surface area contributed by atoms with Crippen LogP contribution in [0.5, 0.6) is 5.75 Å². The van der Waals surface area contributed by atoms with Crippen LogP contribution in [-0.2, 0) is 22.6 Å². The fourth-order valence-electron chi connectivity index (χ4n) is 4.58. The number of rotatable bonds is 14. The van der Waals surface area contributed by atoms with E-state index in [0.29, 0.717) is 35.5 Å². The van der Waals surface area contributed by atoms with Crippen LogP contribution in [0.3, 0.4) is 0 Å². The fraction of sp³-hybridized carbons (Fsp3) is 0.267. The van der Waals surface area contributed by atoms with Crippen molar-refractivity contribution in [3.8, 4) is 5.75 Å². The molecule has 0 saturated carbocycles. The van der Waals surface area contributed by atoms with E-state index in [1.54, 1.807) is 48.5 Å². The highest BCUT2D eigenvalue weighted by Crippen LogP contribution is 2.44. The fourth-order valence-corrected chi connectivity index (χ4v) is 4.58. The van der Waals surface area contributed by atoms with E-state index in [0.717, 1.165) is 12.1 Å². The van der Waals surface area contributed by atoms with Crippen LogP contribution in [0.25, 0.3) is 10.4 Å². The van der Waals surface area contributed by atoms with Crippen molar-refractivity contribution in [2.75, 3.05) is 13.2 Å². The van der Waals surface area contributed by atoms with Gasteiger partial charge in [0.25, 0.3) is 5.91 Å². The van der Waals surface area contributed by atoms with Crippen molar-refractivity contribution in [3.05, 3.63) is 124 Å². The van der Waals surface area contributed by atoms with Crippen molar-refractivity contribution in [1.29, 1.82) is 0 Å². The third-order valence-electron chi connectivity index (χ3n) is 6.66. The molecule has 3 aromatic rings. The van der Waals surface area contributed by atoms with Crippen molar-refractivity contribution >= 4 is 11.8 Å². The molecule has 3 aromatic carbocycles. The smallest absolute Gasteiger partial charge is 0.266 e. The van der Waals surface area contributed by atoms with E-state index in [2.05, 4.69) is 27.5 Å². The Kier molecular flexibility index (Phi) is 10.2. The van der Waals surface area contributed by atoms with Gasteiger partial charge < -0.3 is 14.6 Å². The lowest BCUT2D eigenvalue weighted by Crippen LogP contribution is -2.52.